The number of phenols is 1. The number of rotatable bonds is 3. The van der Waals surface area contributed by atoms with Gasteiger partial charge in [0.05, 0.1) is 23.4 Å². The number of anilines is 1. The molecule has 4 heterocycles. The van der Waals surface area contributed by atoms with E-state index < -0.39 is 23.5 Å². The maximum absolute atomic E-state index is 15.0. The van der Waals surface area contributed by atoms with E-state index in [4.69, 9.17) is 9.72 Å². The van der Waals surface area contributed by atoms with E-state index in [2.05, 4.69) is 6.58 Å². The predicted octanol–water partition coefficient (Wildman–Crippen LogP) is 2.48. The second kappa shape index (κ2) is 9.02. The number of carbonyl (C=O) groups is 2. The first kappa shape index (κ1) is 25.0. The Bertz CT molecular complexity index is 1280. The van der Waals surface area contributed by atoms with Crippen molar-refractivity contribution in [3.8, 4) is 22.8 Å². The zero-order valence-electron chi connectivity index (χ0n) is 21.2. The van der Waals surface area contributed by atoms with E-state index >= 15 is 4.39 Å². The molecule has 2 atom stereocenters. The topological polar surface area (TPSA) is 106 Å². The van der Waals surface area contributed by atoms with Gasteiger partial charge in [0.1, 0.15) is 35.3 Å². The number of halogens is 1. The summed E-state index contributed by atoms with van der Waals surface area (Å²) in [6.45, 7) is 10.5. The van der Waals surface area contributed by atoms with E-state index in [1.54, 1.807) is 16.7 Å². The molecule has 0 bridgehead atoms. The van der Waals surface area contributed by atoms with Gasteiger partial charge in [0.2, 0.25) is 5.91 Å². The van der Waals surface area contributed by atoms with Crippen LogP contribution in [0.3, 0.4) is 0 Å². The van der Waals surface area contributed by atoms with Crippen LogP contribution in [0.5, 0.6) is 11.5 Å². The number of fused-ring (bicyclic) bond motifs is 2. The van der Waals surface area contributed by atoms with Gasteiger partial charge in [-0.1, -0.05) is 12.6 Å². The molecule has 0 spiro atoms. The number of carbonyl (C=O) groups excluding carboxylic acids is 2. The molecule has 0 saturated carbocycles. The summed E-state index contributed by atoms with van der Waals surface area (Å²) in [4.78, 5) is 36.3. The van der Waals surface area contributed by atoms with Gasteiger partial charge >= 0.3 is 0 Å². The molecule has 1 aromatic carbocycles. The van der Waals surface area contributed by atoms with Crippen molar-refractivity contribution in [1.29, 1.82) is 0 Å². The summed E-state index contributed by atoms with van der Waals surface area (Å²) in [6, 6.07) is 3.63. The van der Waals surface area contributed by atoms with Gasteiger partial charge in [0.25, 0.3) is 5.91 Å². The molecule has 1 unspecified atom stereocenters. The summed E-state index contributed by atoms with van der Waals surface area (Å²) in [5.74, 6) is -0.903. The number of phenolic OH excluding ortho intramolecular Hbond substituents is 1. The molecule has 0 aliphatic carbocycles. The van der Waals surface area contributed by atoms with Gasteiger partial charge in [-0.25, -0.2) is 9.37 Å². The van der Waals surface area contributed by atoms with E-state index in [0.29, 0.717) is 31.6 Å². The van der Waals surface area contributed by atoms with Gasteiger partial charge in [-0.15, -0.1) is 0 Å². The lowest BCUT2D eigenvalue weighted by Gasteiger charge is -2.40. The minimum Gasteiger partial charge on any atom is -0.507 e. The number of hydrogen-bond donors (Lipinski definition) is 2. The van der Waals surface area contributed by atoms with E-state index in [-0.39, 0.29) is 59.1 Å². The number of piperazine rings is 1. The number of pyridine rings is 1. The highest BCUT2D eigenvalue weighted by atomic mass is 19.1. The molecule has 2 fully saturated rings. The first-order chi connectivity index (χ1) is 17.5. The highest BCUT2D eigenvalue weighted by Gasteiger charge is 2.45. The van der Waals surface area contributed by atoms with Crippen molar-refractivity contribution in [2.75, 3.05) is 37.7 Å². The van der Waals surface area contributed by atoms with Crippen LogP contribution < -0.4 is 9.64 Å². The predicted molar refractivity (Wildman–Crippen MR) is 135 cm³/mol. The van der Waals surface area contributed by atoms with Crippen molar-refractivity contribution in [1.82, 2.24) is 14.8 Å². The number of aromatic nitrogens is 1. The molecular formula is C27H31FN4O5. The third-order valence-corrected chi connectivity index (χ3v) is 7.57. The van der Waals surface area contributed by atoms with Crippen LogP contribution in [0.15, 0.2) is 30.9 Å². The van der Waals surface area contributed by atoms with Crippen molar-refractivity contribution < 1.29 is 28.9 Å². The molecule has 37 heavy (non-hydrogen) atoms. The third-order valence-electron chi connectivity index (χ3n) is 7.57. The molecule has 2 amide bonds. The summed E-state index contributed by atoms with van der Waals surface area (Å²) in [6.07, 6.45) is 1.07. The van der Waals surface area contributed by atoms with Gasteiger partial charge in [-0.2, -0.15) is 0 Å². The number of aliphatic hydroxyl groups excluding tert-OH is 1. The molecule has 196 valence electrons. The molecule has 9 nitrogen and oxygen atoms in total. The molecular weight excluding hydrogens is 479 g/mol. The second-order valence-electron chi connectivity index (χ2n) is 10.5. The maximum atomic E-state index is 15.0. The molecule has 10 heteroatoms. The SMILES string of the molecule is C=CC(=O)N1CCN2C(=O)c3c(N4C[C@@H](O)CC4(C)C)nc(-c4c(O)cccc4F)c(C)c3OCC2C1. The fraction of sp³-hybridized carbons (Fsp3) is 0.444. The number of amides is 2. The first-order valence-corrected chi connectivity index (χ1v) is 12.4. The Kier molecular flexibility index (Phi) is 6.10. The number of aromatic hydroxyl groups is 1. The Morgan fingerprint density at radius 3 is 2.68 bits per heavy atom. The quantitative estimate of drug-likeness (QED) is 0.611. The number of hydrogen-bond acceptors (Lipinski definition) is 7. The average Bonchev–Trinajstić information content (AvgIpc) is 3.04. The van der Waals surface area contributed by atoms with Crippen LogP contribution in [0.1, 0.15) is 36.2 Å². The normalized spacial score (nSPS) is 22.7. The summed E-state index contributed by atoms with van der Waals surface area (Å²) in [7, 11) is 0. The summed E-state index contributed by atoms with van der Waals surface area (Å²) in [5.41, 5.74) is 0.194. The highest BCUT2D eigenvalue weighted by molar-refractivity contribution is 6.04. The molecule has 0 radical (unpaired) electrons. The smallest absolute Gasteiger partial charge is 0.261 e. The first-order valence-electron chi connectivity index (χ1n) is 12.4. The van der Waals surface area contributed by atoms with Crippen LogP contribution in [0.25, 0.3) is 11.3 Å². The van der Waals surface area contributed by atoms with Crippen LogP contribution in [-0.2, 0) is 4.79 Å². The summed E-state index contributed by atoms with van der Waals surface area (Å²) in [5, 5.41) is 21.1. The number of aliphatic hydroxyl groups is 1. The Morgan fingerprint density at radius 2 is 2.03 bits per heavy atom. The minimum absolute atomic E-state index is 0.0811. The van der Waals surface area contributed by atoms with Crippen LogP contribution in [0.4, 0.5) is 10.2 Å². The lowest BCUT2D eigenvalue weighted by atomic mass is 9.98. The summed E-state index contributed by atoms with van der Waals surface area (Å²) >= 11 is 0. The van der Waals surface area contributed by atoms with Crippen molar-refractivity contribution in [2.24, 2.45) is 0 Å². The monoisotopic (exact) mass is 510 g/mol. The maximum Gasteiger partial charge on any atom is 0.261 e. The molecule has 2 aromatic rings. The summed E-state index contributed by atoms with van der Waals surface area (Å²) < 4.78 is 21.3. The van der Waals surface area contributed by atoms with Gasteiger partial charge < -0.3 is 29.6 Å². The fourth-order valence-corrected chi connectivity index (χ4v) is 5.70. The van der Waals surface area contributed by atoms with E-state index in [9.17, 15) is 19.8 Å². The molecule has 3 aliphatic heterocycles. The van der Waals surface area contributed by atoms with Gasteiger partial charge in [-0.05, 0) is 45.4 Å². The standard InChI is InChI=1S/C27H31FN4O5/c1-5-20(35)30-9-10-31-16(12-30)14-37-24-15(2)23(21-18(28)7-6-8-19(21)34)29-25(22(24)26(31)36)32-13-17(33)11-27(32,3)4/h5-8,16-17,33-34H,1,9-14H2,2-4H3/t16?,17-/m0/s1. The van der Waals surface area contributed by atoms with Gasteiger partial charge in [0.15, 0.2) is 0 Å². The van der Waals surface area contributed by atoms with Gasteiger partial charge in [-0.3, -0.25) is 9.59 Å². The van der Waals surface area contributed by atoms with Crippen LogP contribution in [0, 0.1) is 12.7 Å². The van der Waals surface area contributed by atoms with Crippen LogP contribution >= 0.6 is 0 Å². The van der Waals surface area contributed by atoms with Crippen molar-refractivity contribution >= 4 is 17.6 Å². The van der Waals surface area contributed by atoms with Crippen LogP contribution in [0.2, 0.25) is 0 Å². The molecule has 1 aromatic heterocycles. The van der Waals surface area contributed by atoms with E-state index in [1.165, 1.54) is 24.3 Å². The lowest BCUT2D eigenvalue weighted by Crippen LogP contribution is -2.57. The van der Waals surface area contributed by atoms with Crippen molar-refractivity contribution in [3.63, 3.8) is 0 Å². The average molecular weight is 511 g/mol. The Hall–Kier alpha value is -3.66. The fourth-order valence-electron chi connectivity index (χ4n) is 5.70. The molecule has 5 rings (SSSR count). The largest absolute Gasteiger partial charge is 0.507 e. The number of benzene rings is 1. The Balaban J connectivity index is 1.70. The molecule has 3 aliphatic rings. The zero-order valence-corrected chi connectivity index (χ0v) is 21.2. The number of nitrogens with zero attached hydrogens (tertiary/aromatic N) is 4. The van der Waals surface area contributed by atoms with Crippen molar-refractivity contribution in [2.45, 2.75) is 44.9 Å². The Morgan fingerprint density at radius 1 is 1.27 bits per heavy atom. The molecule has 2 saturated heterocycles. The van der Waals surface area contributed by atoms with E-state index in [1.807, 2.05) is 18.7 Å². The second-order valence-corrected chi connectivity index (χ2v) is 10.5. The van der Waals surface area contributed by atoms with Gasteiger partial charge in [0, 0.05) is 37.3 Å². The third kappa shape index (κ3) is 4.09. The van der Waals surface area contributed by atoms with Crippen LogP contribution in [-0.4, -0.2) is 87.3 Å². The zero-order chi connectivity index (χ0) is 26.6. The number of β-amino-alcohol motifs (C(OH)–C–C–N with tert-alkyl or cyclic N) is 1. The minimum atomic E-state index is -0.654. The lowest BCUT2D eigenvalue weighted by molar-refractivity contribution is -0.128. The highest BCUT2D eigenvalue weighted by Crippen LogP contribution is 2.45. The van der Waals surface area contributed by atoms with E-state index in [0.717, 1.165) is 0 Å². The molecule has 2 N–H and O–H groups in total. The number of ether oxygens (including phenoxy) is 1. The Labute approximate surface area is 214 Å². The van der Waals surface area contributed by atoms with Crippen molar-refractivity contribution in [3.05, 3.63) is 47.8 Å².